The van der Waals surface area contributed by atoms with E-state index < -0.39 is 0 Å². The Morgan fingerprint density at radius 3 is 1.39 bits per heavy atom. The molecule has 3 aliphatic rings. The Bertz CT molecular complexity index is 1170. The Labute approximate surface area is 225 Å². The third-order valence-corrected chi connectivity index (χ3v) is 7.53. The number of amidine groups is 2. The minimum atomic E-state index is -0.0765. The largest absolute Gasteiger partial charge is 0.447 e. The maximum absolute atomic E-state index is 11.3. The molecular weight excluding hydrogens is 480 g/mol. The van der Waals surface area contributed by atoms with Crippen LogP contribution in [0.2, 0.25) is 0 Å². The van der Waals surface area contributed by atoms with Gasteiger partial charge in [-0.15, -0.1) is 0 Å². The lowest BCUT2D eigenvalue weighted by Gasteiger charge is -2.39. The molecule has 5 heterocycles. The third kappa shape index (κ3) is 5.61. The number of aliphatic hydroxyl groups is 2. The highest BCUT2D eigenvalue weighted by Gasteiger charge is 2.39. The van der Waals surface area contributed by atoms with Crippen molar-refractivity contribution in [3.63, 3.8) is 0 Å². The van der Waals surface area contributed by atoms with Crippen LogP contribution in [-0.4, -0.2) is 98.7 Å². The predicted octanol–water partition coefficient (Wildman–Crippen LogP) is 2.71. The highest BCUT2D eigenvalue weighted by molar-refractivity contribution is 5.67. The van der Waals surface area contributed by atoms with Crippen LogP contribution in [-0.2, 0) is 26.2 Å². The van der Waals surface area contributed by atoms with Crippen molar-refractivity contribution in [3.8, 4) is 0 Å². The first-order chi connectivity index (χ1) is 17.9. The molecule has 10 heteroatoms. The summed E-state index contributed by atoms with van der Waals surface area (Å²) in [7, 11) is 0. The topological polar surface area (TPSA) is 85.2 Å². The Morgan fingerprint density at radius 1 is 0.632 bits per heavy atom. The molecule has 2 N–H and O–H groups in total. The van der Waals surface area contributed by atoms with E-state index in [0.717, 1.165) is 22.8 Å². The van der Waals surface area contributed by atoms with Gasteiger partial charge < -0.3 is 10.2 Å². The summed E-state index contributed by atoms with van der Waals surface area (Å²) in [6.45, 7) is 17.5. The zero-order valence-corrected chi connectivity index (χ0v) is 23.6. The zero-order chi connectivity index (χ0) is 27.2. The van der Waals surface area contributed by atoms with Gasteiger partial charge in [-0.1, -0.05) is 12.1 Å². The molecule has 0 saturated carbocycles. The molecule has 0 fully saturated rings. The van der Waals surface area contributed by atoms with Gasteiger partial charge in [0.15, 0.2) is 0 Å². The molecule has 5 rings (SSSR count). The molecule has 8 bridgehead atoms. The van der Waals surface area contributed by atoms with Gasteiger partial charge in [0.2, 0.25) is 0 Å². The van der Waals surface area contributed by atoms with Gasteiger partial charge in [-0.05, 0) is 65.8 Å². The van der Waals surface area contributed by atoms with Crippen LogP contribution in [0.4, 0.5) is 0 Å². The van der Waals surface area contributed by atoms with Crippen molar-refractivity contribution in [3.05, 3.63) is 59.2 Å². The van der Waals surface area contributed by atoms with Crippen LogP contribution in [0.3, 0.4) is 0 Å². The minimum Gasteiger partial charge on any atom is -0.447 e. The van der Waals surface area contributed by atoms with Crippen LogP contribution < -0.4 is 0 Å². The average Bonchev–Trinajstić information content (AvgIpc) is 2.82. The van der Waals surface area contributed by atoms with E-state index in [9.17, 15) is 10.2 Å². The van der Waals surface area contributed by atoms with Crippen molar-refractivity contribution in [1.82, 2.24) is 29.6 Å². The van der Waals surface area contributed by atoms with Crippen molar-refractivity contribution in [2.75, 3.05) is 26.7 Å². The van der Waals surface area contributed by atoms with Gasteiger partial charge in [-0.2, -0.15) is 0 Å². The summed E-state index contributed by atoms with van der Waals surface area (Å²) >= 11 is 0. The number of pyridine rings is 2. The molecule has 38 heavy (non-hydrogen) atoms. The summed E-state index contributed by atoms with van der Waals surface area (Å²) in [6, 6.07) is 12.5. The zero-order valence-electron chi connectivity index (χ0n) is 23.6. The van der Waals surface area contributed by atoms with Crippen molar-refractivity contribution >= 4 is 12.0 Å². The maximum atomic E-state index is 11.3. The van der Waals surface area contributed by atoms with E-state index in [1.54, 1.807) is 0 Å². The van der Waals surface area contributed by atoms with Crippen LogP contribution in [0.25, 0.3) is 0 Å². The predicted molar refractivity (Wildman–Crippen MR) is 145 cm³/mol. The fraction of sp³-hybridized carbons (Fsp3) is 0.571. The highest BCUT2D eigenvalue weighted by atomic mass is 16.3. The third-order valence-electron chi connectivity index (χ3n) is 7.53. The van der Waals surface area contributed by atoms with Gasteiger partial charge in [0, 0.05) is 11.1 Å². The second kappa shape index (κ2) is 9.81. The van der Waals surface area contributed by atoms with E-state index in [-0.39, 0.29) is 23.1 Å². The number of aliphatic hydroxyl groups excluding tert-OH is 2. The Kier molecular flexibility index (Phi) is 6.81. The number of hydrogen-bond acceptors (Lipinski definition) is 6. The molecule has 0 unspecified atom stereocenters. The molecule has 0 amide bonds. The molecular formula is C28H42N8O2+2. The lowest BCUT2D eigenvalue weighted by molar-refractivity contribution is -0.591. The molecule has 0 saturated heterocycles. The van der Waals surface area contributed by atoms with Crippen LogP contribution >= 0.6 is 0 Å². The van der Waals surface area contributed by atoms with Gasteiger partial charge in [0.25, 0.3) is 0 Å². The summed E-state index contributed by atoms with van der Waals surface area (Å²) in [4.78, 5) is 18.5. The molecule has 2 aromatic heterocycles. The van der Waals surface area contributed by atoms with Gasteiger partial charge in [-0.25, -0.2) is 38.7 Å². The van der Waals surface area contributed by atoms with E-state index in [2.05, 4.69) is 51.3 Å². The lowest BCUT2D eigenvalue weighted by Crippen LogP contribution is -2.58. The first-order valence-electron chi connectivity index (χ1n) is 13.4. The number of fused-ring (bicyclic) bond motifs is 6. The Morgan fingerprint density at radius 2 is 1.00 bits per heavy atom. The second-order valence-electron chi connectivity index (χ2n) is 12.6. The van der Waals surface area contributed by atoms with E-state index >= 15 is 0 Å². The second-order valence-corrected chi connectivity index (χ2v) is 12.6. The highest BCUT2D eigenvalue weighted by Crippen LogP contribution is 2.22. The molecule has 2 aromatic rings. The summed E-state index contributed by atoms with van der Waals surface area (Å²) in [5.41, 5.74) is 3.34. The first-order valence-corrected chi connectivity index (χ1v) is 13.4. The van der Waals surface area contributed by atoms with Crippen LogP contribution in [0.5, 0.6) is 0 Å². The molecule has 0 aromatic carbocycles. The SMILES string of the molecule is CC(C)(C)N1CN2Cc3cccc(n3)CN3CN(C(C)(C)C)C[N+](=C3O)Cc3cccc(n3)C[N+](=C2O)C1. The van der Waals surface area contributed by atoms with Gasteiger partial charge in [-0.3, -0.25) is 0 Å². The molecule has 0 radical (unpaired) electrons. The van der Waals surface area contributed by atoms with E-state index in [1.165, 1.54) is 0 Å². The maximum Gasteiger partial charge on any atom is 0.446 e. The Hall–Kier alpha value is -3.24. The minimum absolute atomic E-state index is 0.0765. The fourth-order valence-corrected chi connectivity index (χ4v) is 5.09. The molecule has 0 spiro atoms. The molecule has 10 nitrogen and oxygen atoms in total. The van der Waals surface area contributed by atoms with Crippen molar-refractivity contribution in [1.29, 1.82) is 0 Å². The smallest absolute Gasteiger partial charge is 0.446 e. The number of rotatable bonds is 0. The van der Waals surface area contributed by atoms with Crippen molar-refractivity contribution in [2.45, 2.75) is 78.8 Å². The fourth-order valence-electron chi connectivity index (χ4n) is 5.09. The van der Waals surface area contributed by atoms with E-state index in [1.807, 2.05) is 55.3 Å². The van der Waals surface area contributed by atoms with Gasteiger partial charge in [0.05, 0.1) is 22.8 Å². The standard InChI is InChI=1S/C28H40N8O2/c1-27(2,3)35-17-31-13-21-9-7-11-23(29-21)15-33-19-36(28(4,5)6)20-34(26(33)38)16-24-12-8-10-22(30-24)14-32(18-35)25(31)37/h7-12H,13-20H2,1-6H3/p+2. The Balaban J connectivity index is 1.59. The van der Waals surface area contributed by atoms with E-state index in [0.29, 0.717) is 52.9 Å². The van der Waals surface area contributed by atoms with Gasteiger partial charge >= 0.3 is 12.0 Å². The van der Waals surface area contributed by atoms with Crippen molar-refractivity contribution < 1.29 is 19.4 Å². The van der Waals surface area contributed by atoms with Gasteiger partial charge in [0.1, 0.15) is 52.9 Å². The average molecular weight is 523 g/mol. The molecule has 3 aliphatic heterocycles. The number of aromatic nitrogens is 2. The summed E-state index contributed by atoms with van der Waals surface area (Å²) in [5, 5.41) is 22.7. The first kappa shape index (κ1) is 26.4. The summed E-state index contributed by atoms with van der Waals surface area (Å²) < 4.78 is 3.95. The van der Waals surface area contributed by atoms with E-state index in [4.69, 9.17) is 9.97 Å². The lowest BCUT2D eigenvalue weighted by atomic mass is 10.1. The number of hydrogen-bond donors (Lipinski definition) is 2. The van der Waals surface area contributed by atoms with Crippen molar-refractivity contribution in [2.24, 2.45) is 0 Å². The quantitative estimate of drug-likeness (QED) is 0.511. The molecule has 0 aliphatic carbocycles. The van der Waals surface area contributed by atoms with Crippen LogP contribution in [0.15, 0.2) is 36.4 Å². The normalized spacial score (nSPS) is 20.3. The summed E-state index contributed by atoms with van der Waals surface area (Å²) in [6.07, 6.45) is 0. The number of nitrogens with zero attached hydrogens (tertiary/aromatic N) is 8. The molecule has 204 valence electrons. The summed E-state index contributed by atoms with van der Waals surface area (Å²) in [5.74, 6) is 0. The molecule has 0 atom stereocenters. The van der Waals surface area contributed by atoms with Crippen LogP contribution in [0.1, 0.15) is 64.3 Å². The monoisotopic (exact) mass is 522 g/mol. The van der Waals surface area contributed by atoms with Crippen LogP contribution in [0, 0.1) is 0 Å².